The summed E-state index contributed by atoms with van der Waals surface area (Å²) in [5.41, 5.74) is 0. The van der Waals surface area contributed by atoms with Crippen LogP contribution < -0.4 is 10.6 Å². The highest BCUT2D eigenvalue weighted by Gasteiger charge is 2.07. The van der Waals surface area contributed by atoms with Crippen molar-refractivity contribution in [2.75, 3.05) is 46.9 Å². The Morgan fingerprint density at radius 2 is 1.95 bits per heavy atom. The van der Waals surface area contributed by atoms with Crippen LogP contribution >= 0.6 is 0 Å². The van der Waals surface area contributed by atoms with E-state index in [0.717, 1.165) is 6.54 Å². The number of aliphatic carboxylic acids is 1. The topological polar surface area (TPSA) is 90.9 Å². The van der Waals surface area contributed by atoms with Gasteiger partial charge in [-0.05, 0) is 26.4 Å². The van der Waals surface area contributed by atoms with Crippen LogP contribution in [-0.4, -0.2) is 69.0 Å². The molecule has 0 aromatic heterocycles. The van der Waals surface area contributed by atoms with Gasteiger partial charge in [0, 0.05) is 26.1 Å². The molecule has 0 aliphatic carbocycles. The van der Waals surface area contributed by atoms with Gasteiger partial charge in [0.05, 0.1) is 13.2 Å². The number of hydrogen-bond donors (Lipinski definition) is 3. The summed E-state index contributed by atoms with van der Waals surface area (Å²) >= 11 is 0. The van der Waals surface area contributed by atoms with E-state index >= 15 is 0 Å². The van der Waals surface area contributed by atoms with Gasteiger partial charge < -0.3 is 25.4 Å². The van der Waals surface area contributed by atoms with Crippen LogP contribution in [0.3, 0.4) is 0 Å². The Balaban J connectivity index is 3.42. The summed E-state index contributed by atoms with van der Waals surface area (Å²) in [6.07, 6.45) is 0.688. The number of carbonyl (C=O) groups excluding carboxylic acids is 1. The van der Waals surface area contributed by atoms with Crippen molar-refractivity contribution in [3.63, 3.8) is 0 Å². The summed E-state index contributed by atoms with van der Waals surface area (Å²) in [6, 6.07) is -0.247. The average molecular weight is 289 g/mol. The van der Waals surface area contributed by atoms with Crippen molar-refractivity contribution >= 4 is 12.0 Å². The third-order valence-corrected chi connectivity index (χ3v) is 2.68. The molecule has 0 aliphatic heterocycles. The van der Waals surface area contributed by atoms with Crippen LogP contribution in [0.1, 0.15) is 19.8 Å². The molecule has 0 saturated carbocycles. The van der Waals surface area contributed by atoms with E-state index < -0.39 is 5.97 Å². The Labute approximate surface area is 120 Å². The first-order valence-electron chi connectivity index (χ1n) is 6.87. The number of likely N-dealkylation sites (N-methyl/N-ethyl adjacent to an activating group) is 1. The predicted octanol–water partition coefficient (Wildman–Crippen LogP) is 0.365. The van der Waals surface area contributed by atoms with Crippen molar-refractivity contribution in [3.05, 3.63) is 0 Å². The number of nitrogens with zero attached hydrogens (tertiary/aromatic N) is 1. The van der Waals surface area contributed by atoms with E-state index in [1.165, 1.54) is 0 Å². The van der Waals surface area contributed by atoms with Crippen LogP contribution in [0.4, 0.5) is 4.79 Å². The van der Waals surface area contributed by atoms with Crippen molar-refractivity contribution in [1.29, 1.82) is 0 Å². The maximum absolute atomic E-state index is 11.4. The predicted molar refractivity (Wildman–Crippen MR) is 76.8 cm³/mol. The maximum atomic E-state index is 11.4. The second-order valence-electron chi connectivity index (χ2n) is 5.09. The fraction of sp³-hybridized carbons (Fsp3) is 0.846. The normalized spacial score (nSPS) is 12.2. The molecule has 0 rings (SSSR count). The number of rotatable bonds is 11. The van der Waals surface area contributed by atoms with Crippen molar-refractivity contribution in [2.24, 2.45) is 5.92 Å². The highest BCUT2D eigenvalue weighted by Crippen LogP contribution is 2.03. The number of hydrogen-bond acceptors (Lipinski definition) is 4. The lowest BCUT2D eigenvalue weighted by atomic mass is 10.1. The summed E-state index contributed by atoms with van der Waals surface area (Å²) in [6.45, 7) is 4.82. The average Bonchev–Trinajstić information content (AvgIpc) is 2.37. The van der Waals surface area contributed by atoms with E-state index in [4.69, 9.17) is 9.84 Å². The minimum atomic E-state index is -0.809. The van der Waals surface area contributed by atoms with Gasteiger partial charge in [0.2, 0.25) is 0 Å². The summed E-state index contributed by atoms with van der Waals surface area (Å²) in [5.74, 6) is -0.663. The molecule has 0 aromatic carbocycles. The lowest BCUT2D eigenvalue weighted by Gasteiger charge is -2.13. The van der Waals surface area contributed by atoms with Crippen molar-refractivity contribution in [2.45, 2.75) is 19.8 Å². The van der Waals surface area contributed by atoms with Gasteiger partial charge in [-0.25, -0.2) is 4.79 Å². The summed E-state index contributed by atoms with van der Waals surface area (Å²) in [5, 5.41) is 13.9. The molecule has 0 aromatic rings. The van der Waals surface area contributed by atoms with E-state index in [2.05, 4.69) is 10.6 Å². The molecule has 0 saturated heterocycles. The number of amides is 2. The number of carboxylic acids is 1. The number of ether oxygens (including phenoxy) is 1. The van der Waals surface area contributed by atoms with Crippen LogP contribution in [0.2, 0.25) is 0 Å². The van der Waals surface area contributed by atoms with Crippen LogP contribution in [0, 0.1) is 5.92 Å². The van der Waals surface area contributed by atoms with E-state index in [-0.39, 0.29) is 18.4 Å². The summed E-state index contributed by atoms with van der Waals surface area (Å²) in [4.78, 5) is 23.8. The minimum absolute atomic E-state index is 0.129. The van der Waals surface area contributed by atoms with E-state index in [1.807, 2.05) is 25.9 Å². The molecule has 118 valence electrons. The van der Waals surface area contributed by atoms with Gasteiger partial charge in [-0.15, -0.1) is 0 Å². The van der Waals surface area contributed by atoms with Gasteiger partial charge in [0.15, 0.2) is 0 Å². The van der Waals surface area contributed by atoms with Gasteiger partial charge in [-0.2, -0.15) is 0 Å². The molecule has 2 amide bonds. The molecule has 20 heavy (non-hydrogen) atoms. The fourth-order valence-corrected chi connectivity index (χ4v) is 1.39. The molecule has 0 radical (unpaired) electrons. The Hall–Kier alpha value is -1.34. The van der Waals surface area contributed by atoms with Crippen molar-refractivity contribution in [1.82, 2.24) is 15.5 Å². The van der Waals surface area contributed by atoms with Crippen LogP contribution in [-0.2, 0) is 9.53 Å². The first-order chi connectivity index (χ1) is 9.41. The molecular formula is C13H27N3O4. The molecule has 3 N–H and O–H groups in total. The molecular weight excluding hydrogens is 262 g/mol. The second-order valence-corrected chi connectivity index (χ2v) is 5.09. The molecule has 0 heterocycles. The van der Waals surface area contributed by atoms with Gasteiger partial charge in [0.25, 0.3) is 0 Å². The number of nitrogens with one attached hydrogen (secondary N) is 2. The molecule has 1 unspecified atom stereocenters. The molecule has 0 bridgehead atoms. The smallest absolute Gasteiger partial charge is 0.314 e. The SMILES string of the molecule is CC(CCC(=O)O)CNC(=O)NCCOCCN(C)C. The quantitative estimate of drug-likeness (QED) is 0.478. The Morgan fingerprint density at radius 1 is 1.25 bits per heavy atom. The van der Waals surface area contributed by atoms with Gasteiger partial charge in [-0.1, -0.05) is 6.92 Å². The van der Waals surface area contributed by atoms with Gasteiger partial charge in [0.1, 0.15) is 0 Å². The molecule has 7 heteroatoms. The second kappa shape index (κ2) is 11.5. The number of carboxylic acid groups (broad SMARTS) is 1. The number of urea groups is 1. The molecule has 7 nitrogen and oxygen atoms in total. The van der Waals surface area contributed by atoms with Crippen molar-refractivity contribution < 1.29 is 19.4 Å². The molecule has 0 aliphatic rings. The first kappa shape index (κ1) is 18.7. The van der Waals surface area contributed by atoms with Crippen LogP contribution in [0.15, 0.2) is 0 Å². The minimum Gasteiger partial charge on any atom is -0.481 e. The van der Waals surface area contributed by atoms with Gasteiger partial charge in [-0.3, -0.25) is 4.79 Å². The lowest BCUT2D eigenvalue weighted by Crippen LogP contribution is -2.39. The Bertz CT molecular complexity index is 285. The highest BCUT2D eigenvalue weighted by molar-refractivity contribution is 5.73. The first-order valence-corrected chi connectivity index (χ1v) is 6.87. The van der Waals surface area contributed by atoms with E-state index in [1.54, 1.807) is 0 Å². The molecule has 0 spiro atoms. The molecule has 0 fully saturated rings. The Morgan fingerprint density at radius 3 is 2.55 bits per heavy atom. The van der Waals surface area contributed by atoms with Crippen LogP contribution in [0.5, 0.6) is 0 Å². The third kappa shape index (κ3) is 13.1. The number of carbonyl (C=O) groups is 2. The zero-order chi connectivity index (χ0) is 15.4. The monoisotopic (exact) mass is 289 g/mol. The third-order valence-electron chi connectivity index (χ3n) is 2.68. The van der Waals surface area contributed by atoms with Crippen molar-refractivity contribution in [3.8, 4) is 0 Å². The van der Waals surface area contributed by atoms with Gasteiger partial charge >= 0.3 is 12.0 Å². The van der Waals surface area contributed by atoms with E-state index in [0.29, 0.717) is 32.7 Å². The maximum Gasteiger partial charge on any atom is 0.314 e. The standard InChI is InChI=1S/C13H27N3O4/c1-11(4-5-12(17)18)10-15-13(19)14-6-8-20-9-7-16(2)3/h11H,4-10H2,1-3H3,(H,17,18)(H2,14,15,19). The highest BCUT2D eigenvalue weighted by atomic mass is 16.5. The summed E-state index contributed by atoms with van der Waals surface area (Å²) < 4.78 is 5.34. The lowest BCUT2D eigenvalue weighted by molar-refractivity contribution is -0.137. The molecule has 1 atom stereocenters. The largest absolute Gasteiger partial charge is 0.481 e. The summed E-state index contributed by atoms with van der Waals surface area (Å²) in [7, 11) is 3.95. The zero-order valence-electron chi connectivity index (χ0n) is 12.6. The zero-order valence-corrected chi connectivity index (χ0v) is 12.6. The Kier molecular flexibility index (Phi) is 10.7. The van der Waals surface area contributed by atoms with Crippen LogP contribution in [0.25, 0.3) is 0 Å². The van der Waals surface area contributed by atoms with E-state index in [9.17, 15) is 9.59 Å². The fourth-order valence-electron chi connectivity index (χ4n) is 1.39.